The average molecular weight is 479 g/mol. The van der Waals surface area contributed by atoms with Gasteiger partial charge in [-0.15, -0.1) is 0 Å². The fourth-order valence-electron chi connectivity index (χ4n) is 4.64. The van der Waals surface area contributed by atoms with Gasteiger partial charge in [0.2, 0.25) is 10.0 Å². The van der Waals surface area contributed by atoms with Gasteiger partial charge in [0.05, 0.1) is 6.26 Å². The number of nitrogens with zero attached hydrogens (tertiary/aromatic N) is 2. The topological polar surface area (TPSA) is 78.1 Å². The number of piperidine rings is 1. The largest absolute Gasteiger partial charge is 0.381 e. The van der Waals surface area contributed by atoms with Gasteiger partial charge in [0, 0.05) is 54.1 Å². The summed E-state index contributed by atoms with van der Waals surface area (Å²) in [6.45, 7) is 1.66. The number of hydrogen-bond acceptors (Lipinski definition) is 4. The average Bonchev–Trinajstić information content (AvgIpc) is 3.28. The lowest BCUT2D eigenvalue weighted by Gasteiger charge is -2.29. The first-order chi connectivity index (χ1) is 16.4. The molecule has 0 aliphatic carbocycles. The van der Waals surface area contributed by atoms with Crippen LogP contribution in [0.3, 0.4) is 0 Å². The molecule has 0 spiro atoms. The maximum atomic E-state index is 14.9. The number of benzene rings is 2. The van der Waals surface area contributed by atoms with Crippen LogP contribution in [0.4, 0.5) is 10.1 Å². The Labute approximate surface area is 198 Å². The molecule has 176 valence electrons. The molecule has 8 heteroatoms. The van der Waals surface area contributed by atoms with Crippen molar-refractivity contribution in [1.82, 2.24) is 14.3 Å². The Kier molecular flexibility index (Phi) is 6.10. The SMILES string of the molecule is CS(=O)(=O)N1CCC(c2cc3c(-c4cc(NCc5ccccc5)ccc4F)ccnc3[nH]2)CC1. The Balaban J connectivity index is 1.41. The summed E-state index contributed by atoms with van der Waals surface area (Å²) in [5.74, 6) is -0.0780. The predicted molar refractivity (Wildman–Crippen MR) is 134 cm³/mol. The van der Waals surface area contributed by atoms with Crippen LogP contribution in [0, 0.1) is 5.82 Å². The van der Waals surface area contributed by atoms with Crippen LogP contribution in [-0.4, -0.2) is 42.0 Å². The molecule has 0 unspecified atom stereocenters. The first-order valence-corrected chi connectivity index (χ1v) is 13.2. The first kappa shape index (κ1) is 22.6. The van der Waals surface area contributed by atoms with Gasteiger partial charge in [-0.05, 0) is 54.3 Å². The Morgan fingerprint density at radius 2 is 1.82 bits per heavy atom. The number of rotatable bonds is 6. The zero-order valence-electron chi connectivity index (χ0n) is 19.0. The van der Waals surface area contributed by atoms with Crippen molar-refractivity contribution in [1.29, 1.82) is 0 Å². The van der Waals surface area contributed by atoms with Crippen molar-refractivity contribution >= 4 is 26.7 Å². The highest BCUT2D eigenvalue weighted by atomic mass is 32.2. The van der Waals surface area contributed by atoms with Crippen LogP contribution in [0.2, 0.25) is 0 Å². The molecule has 34 heavy (non-hydrogen) atoms. The standard InChI is InChI=1S/C26H27FN4O2S/c1-34(32,33)31-13-10-19(11-14-31)25-16-23-21(9-12-28-26(23)30-25)22-15-20(7-8-24(22)27)29-17-18-5-3-2-4-6-18/h2-9,12,15-16,19,29H,10-11,13-14,17H2,1H3,(H,28,30). The molecule has 0 saturated carbocycles. The van der Waals surface area contributed by atoms with Crippen molar-refractivity contribution in [3.05, 3.63) is 83.9 Å². The van der Waals surface area contributed by atoms with E-state index >= 15 is 0 Å². The zero-order valence-corrected chi connectivity index (χ0v) is 19.8. The molecule has 0 bridgehead atoms. The molecule has 2 N–H and O–H groups in total. The van der Waals surface area contributed by atoms with Crippen molar-refractivity contribution in [3.8, 4) is 11.1 Å². The van der Waals surface area contributed by atoms with E-state index in [9.17, 15) is 12.8 Å². The Hall–Kier alpha value is -3.23. The summed E-state index contributed by atoms with van der Waals surface area (Å²) in [4.78, 5) is 7.86. The summed E-state index contributed by atoms with van der Waals surface area (Å²) < 4.78 is 40.1. The molecule has 5 rings (SSSR count). The van der Waals surface area contributed by atoms with Crippen LogP contribution in [0.1, 0.15) is 30.0 Å². The molecule has 1 aliphatic rings. The van der Waals surface area contributed by atoms with Gasteiger partial charge in [0.25, 0.3) is 0 Å². The van der Waals surface area contributed by atoms with Crippen LogP contribution in [0.5, 0.6) is 0 Å². The normalized spacial score (nSPS) is 15.6. The fraction of sp³-hybridized carbons (Fsp3) is 0.269. The molecule has 2 aromatic carbocycles. The highest BCUT2D eigenvalue weighted by molar-refractivity contribution is 7.88. The molecular weight excluding hydrogens is 451 g/mol. The van der Waals surface area contributed by atoms with Crippen molar-refractivity contribution in [2.75, 3.05) is 24.7 Å². The van der Waals surface area contributed by atoms with Crippen molar-refractivity contribution < 1.29 is 12.8 Å². The third kappa shape index (κ3) is 4.69. The van der Waals surface area contributed by atoms with Crippen LogP contribution in [0.15, 0.2) is 66.9 Å². The number of nitrogens with one attached hydrogen (secondary N) is 2. The number of sulfonamides is 1. The van der Waals surface area contributed by atoms with Crippen LogP contribution >= 0.6 is 0 Å². The highest BCUT2D eigenvalue weighted by Crippen LogP contribution is 2.35. The maximum absolute atomic E-state index is 14.9. The summed E-state index contributed by atoms with van der Waals surface area (Å²) in [6, 6.07) is 19.0. The molecule has 1 saturated heterocycles. The van der Waals surface area contributed by atoms with Crippen molar-refractivity contribution in [2.24, 2.45) is 0 Å². The number of halogens is 1. The van der Waals surface area contributed by atoms with E-state index in [2.05, 4.69) is 15.3 Å². The minimum atomic E-state index is -3.17. The molecule has 6 nitrogen and oxygen atoms in total. The molecule has 0 amide bonds. The summed E-state index contributed by atoms with van der Waals surface area (Å²) in [5, 5.41) is 4.24. The second kappa shape index (κ2) is 9.19. The zero-order chi connectivity index (χ0) is 23.7. The number of hydrogen-bond donors (Lipinski definition) is 2. The lowest BCUT2D eigenvalue weighted by molar-refractivity contribution is 0.319. The van der Waals surface area contributed by atoms with Gasteiger partial charge >= 0.3 is 0 Å². The summed E-state index contributed by atoms with van der Waals surface area (Å²) in [5.41, 5.74) is 5.01. The van der Waals surface area contributed by atoms with Gasteiger partial charge in [-0.25, -0.2) is 22.1 Å². The summed E-state index contributed by atoms with van der Waals surface area (Å²) in [6.07, 6.45) is 4.42. The third-order valence-corrected chi connectivity index (χ3v) is 7.81. The van der Waals surface area contributed by atoms with Crippen LogP contribution < -0.4 is 5.32 Å². The fourth-order valence-corrected chi connectivity index (χ4v) is 5.52. The van der Waals surface area contributed by atoms with E-state index in [1.54, 1.807) is 12.3 Å². The monoisotopic (exact) mass is 478 g/mol. The van der Waals surface area contributed by atoms with E-state index in [1.165, 1.54) is 16.6 Å². The number of fused-ring (bicyclic) bond motifs is 1. The molecule has 1 aliphatic heterocycles. The molecule has 1 fully saturated rings. The van der Waals surface area contributed by atoms with E-state index in [0.29, 0.717) is 30.8 Å². The van der Waals surface area contributed by atoms with Crippen molar-refractivity contribution in [3.63, 3.8) is 0 Å². The minimum absolute atomic E-state index is 0.212. The van der Waals surface area contributed by atoms with Gasteiger partial charge < -0.3 is 10.3 Å². The lowest BCUT2D eigenvalue weighted by Crippen LogP contribution is -2.37. The van der Waals surface area contributed by atoms with E-state index in [1.807, 2.05) is 48.5 Å². The molecular formula is C26H27FN4O2S. The van der Waals surface area contributed by atoms with Crippen molar-refractivity contribution in [2.45, 2.75) is 25.3 Å². The predicted octanol–water partition coefficient (Wildman–Crippen LogP) is 5.12. The minimum Gasteiger partial charge on any atom is -0.381 e. The van der Waals surface area contributed by atoms with Gasteiger partial charge in [0.1, 0.15) is 11.5 Å². The maximum Gasteiger partial charge on any atom is 0.211 e. The quantitative estimate of drug-likeness (QED) is 0.403. The van der Waals surface area contributed by atoms with Gasteiger partial charge in [-0.2, -0.15) is 0 Å². The molecule has 3 heterocycles. The number of H-pyrrole nitrogens is 1. The first-order valence-electron chi connectivity index (χ1n) is 11.4. The van der Waals surface area contributed by atoms with Gasteiger partial charge in [-0.1, -0.05) is 30.3 Å². The molecule has 2 aromatic heterocycles. The second-order valence-electron chi connectivity index (χ2n) is 8.82. The van der Waals surface area contributed by atoms with E-state index in [4.69, 9.17) is 0 Å². The van der Waals surface area contributed by atoms with Gasteiger partial charge in [-0.3, -0.25) is 0 Å². The van der Waals surface area contributed by atoms with Gasteiger partial charge in [0.15, 0.2) is 0 Å². The van der Waals surface area contributed by atoms with E-state index in [0.717, 1.165) is 40.7 Å². The number of pyridine rings is 1. The van der Waals surface area contributed by atoms with E-state index < -0.39 is 10.0 Å². The van der Waals surface area contributed by atoms with E-state index in [-0.39, 0.29) is 11.7 Å². The highest BCUT2D eigenvalue weighted by Gasteiger charge is 2.27. The lowest BCUT2D eigenvalue weighted by atomic mass is 9.94. The van der Waals surface area contributed by atoms with Crippen LogP contribution in [0.25, 0.3) is 22.2 Å². The molecule has 0 radical (unpaired) electrons. The number of anilines is 1. The Morgan fingerprint density at radius 3 is 2.56 bits per heavy atom. The smallest absolute Gasteiger partial charge is 0.211 e. The third-order valence-electron chi connectivity index (χ3n) is 6.51. The van der Waals surface area contributed by atoms with Crippen LogP contribution in [-0.2, 0) is 16.6 Å². The summed E-state index contributed by atoms with van der Waals surface area (Å²) in [7, 11) is -3.17. The second-order valence-corrected chi connectivity index (χ2v) is 10.8. The summed E-state index contributed by atoms with van der Waals surface area (Å²) >= 11 is 0. The number of aromatic amines is 1. The Morgan fingerprint density at radius 1 is 1.06 bits per heavy atom. The molecule has 4 aromatic rings. The molecule has 0 atom stereocenters. The Bertz CT molecular complexity index is 1410. The number of aromatic nitrogens is 2.